The number of nitrogens with zero attached hydrogens (tertiary/aromatic N) is 3. The lowest BCUT2D eigenvalue weighted by Crippen LogP contribution is -1.96. The van der Waals surface area contributed by atoms with Crippen molar-refractivity contribution in [2.75, 3.05) is 0 Å². The van der Waals surface area contributed by atoms with Crippen LogP contribution >= 0.6 is 11.3 Å². The molecule has 0 unspecified atom stereocenters. The van der Waals surface area contributed by atoms with E-state index < -0.39 is 0 Å². The van der Waals surface area contributed by atoms with Crippen molar-refractivity contribution < 1.29 is 4.42 Å². The van der Waals surface area contributed by atoms with E-state index in [1.165, 1.54) is 20.2 Å². The molecule has 54 heavy (non-hydrogen) atoms. The molecule has 0 saturated heterocycles. The van der Waals surface area contributed by atoms with Crippen LogP contribution < -0.4 is 0 Å². The van der Waals surface area contributed by atoms with Crippen molar-refractivity contribution in [3.05, 3.63) is 176 Å². The molecular weight excluding hydrogens is 679 g/mol. The van der Waals surface area contributed by atoms with E-state index in [1.807, 2.05) is 41.7 Å². The highest BCUT2D eigenvalue weighted by atomic mass is 32.1. The lowest BCUT2D eigenvalue weighted by atomic mass is 9.99. The number of benzene rings is 7. The van der Waals surface area contributed by atoms with Gasteiger partial charge in [-0.25, -0.2) is 15.0 Å². The molecule has 11 aromatic rings. The molecule has 0 saturated carbocycles. The molecule has 0 fully saturated rings. The first-order valence-corrected chi connectivity index (χ1v) is 18.8. The second-order valence-corrected chi connectivity index (χ2v) is 14.6. The first kappa shape index (κ1) is 30.7. The van der Waals surface area contributed by atoms with E-state index in [2.05, 4.69) is 146 Å². The summed E-state index contributed by atoms with van der Waals surface area (Å²) in [5.41, 5.74) is 11.6. The minimum absolute atomic E-state index is 0.656. The molecule has 0 aliphatic rings. The normalized spacial score (nSPS) is 11.7. The largest absolute Gasteiger partial charge is 0.455 e. The molecule has 0 bridgehead atoms. The summed E-state index contributed by atoms with van der Waals surface area (Å²) in [4.78, 5) is 15.7. The fraction of sp³-hybridized carbons (Fsp3) is 0. The highest BCUT2D eigenvalue weighted by molar-refractivity contribution is 7.26. The molecular formula is C49H29N3OS. The molecule has 0 aliphatic carbocycles. The van der Waals surface area contributed by atoms with Gasteiger partial charge < -0.3 is 4.42 Å². The van der Waals surface area contributed by atoms with Crippen LogP contribution in [0, 0.1) is 0 Å². The summed E-state index contributed by atoms with van der Waals surface area (Å²) in [6.07, 6.45) is 0. The minimum Gasteiger partial charge on any atom is -0.455 e. The molecule has 0 aliphatic heterocycles. The van der Waals surface area contributed by atoms with E-state index >= 15 is 0 Å². The van der Waals surface area contributed by atoms with E-state index in [1.54, 1.807) is 0 Å². The molecule has 0 spiro atoms. The second-order valence-electron chi connectivity index (χ2n) is 13.5. The number of hydrogen-bond acceptors (Lipinski definition) is 5. The summed E-state index contributed by atoms with van der Waals surface area (Å²) in [6, 6.07) is 61.2. The molecule has 0 radical (unpaired) electrons. The van der Waals surface area contributed by atoms with Gasteiger partial charge in [-0.15, -0.1) is 11.3 Å². The fourth-order valence-electron chi connectivity index (χ4n) is 7.68. The predicted molar refractivity (Wildman–Crippen MR) is 225 cm³/mol. The molecule has 0 amide bonds. The number of aromatic nitrogens is 3. The number of rotatable bonds is 5. The minimum atomic E-state index is 0.656. The standard InChI is InChI=1S/C49H29N3OS/c1-3-12-31(13-4-1)40-29-41(32-24-22-30(23-25-32)35-18-11-19-37-36-16-7-9-20-43(36)53-47(35)37)52-49(51-40)34-26-27-38-42(28-34)50-46(33-14-5-2-6-15-33)45-39-17-8-10-21-44(39)54-48(38)45/h1-29H. The van der Waals surface area contributed by atoms with Crippen LogP contribution in [0.25, 0.3) is 109 Å². The van der Waals surface area contributed by atoms with Crippen LogP contribution in [0.5, 0.6) is 0 Å². The van der Waals surface area contributed by atoms with Crippen LogP contribution in [0.4, 0.5) is 0 Å². The lowest BCUT2D eigenvalue weighted by Gasteiger charge is -2.12. The van der Waals surface area contributed by atoms with Gasteiger partial charge in [-0.3, -0.25) is 0 Å². The Hall–Kier alpha value is -6.95. The number of fused-ring (bicyclic) bond motifs is 8. The lowest BCUT2D eigenvalue weighted by molar-refractivity contribution is 0.670. The topological polar surface area (TPSA) is 51.8 Å². The highest BCUT2D eigenvalue weighted by Gasteiger charge is 2.18. The van der Waals surface area contributed by atoms with Crippen molar-refractivity contribution in [1.29, 1.82) is 0 Å². The summed E-state index contributed by atoms with van der Waals surface area (Å²) in [7, 11) is 0. The molecule has 7 aromatic carbocycles. The Labute approximate surface area is 314 Å². The van der Waals surface area contributed by atoms with Crippen molar-refractivity contribution in [2.24, 2.45) is 0 Å². The molecule has 4 heterocycles. The number of hydrogen-bond donors (Lipinski definition) is 0. The summed E-state index contributed by atoms with van der Waals surface area (Å²) >= 11 is 1.82. The zero-order valence-corrected chi connectivity index (χ0v) is 29.7. The Morgan fingerprint density at radius 2 is 1.06 bits per heavy atom. The van der Waals surface area contributed by atoms with Crippen molar-refractivity contribution in [3.8, 4) is 56.3 Å². The smallest absolute Gasteiger partial charge is 0.160 e. The van der Waals surface area contributed by atoms with E-state index in [0.29, 0.717) is 5.82 Å². The van der Waals surface area contributed by atoms with E-state index in [-0.39, 0.29) is 0 Å². The van der Waals surface area contributed by atoms with E-state index in [0.717, 1.165) is 83.3 Å². The number of pyridine rings is 1. The first-order chi connectivity index (χ1) is 26.7. The van der Waals surface area contributed by atoms with Crippen molar-refractivity contribution in [2.45, 2.75) is 0 Å². The summed E-state index contributed by atoms with van der Waals surface area (Å²) in [6.45, 7) is 0. The fourth-order valence-corrected chi connectivity index (χ4v) is 8.92. The number of furan rings is 1. The van der Waals surface area contributed by atoms with Crippen molar-refractivity contribution >= 4 is 64.4 Å². The van der Waals surface area contributed by atoms with Crippen LogP contribution in [0.2, 0.25) is 0 Å². The van der Waals surface area contributed by atoms with Crippen LogP contribution in [0.1, 0.15) is 0 Å². The monoisotopic (exact) mass is 707 g/mol. The van der Waals surface area contributed by atoms with Crippen LogP contribution in [0.3, 0.4) is 0 Å². The molecule has 5 heteroatoms. The average Bonchev–Trinajstić information content (AvgIpc) is 3.83. The maximum Gasteiger partial charge on any atom is 0.160 e. The molecule has 11 rings (SSSR count). The molecule has 4 nitrogen and oxygen atoms in total. The van der Waals surface area contributed by atoms with E-state index in [9.17, 15) is 0 Å². The zero-order valence-electron chi connectivity index (χ0n) is 28.9. The van der Waals surface area contributed by atoms with Crippen LogP contribution in [-0.2, 0) is 0 Å². The van der Waals surface area contributed by atoms with Gasteiger partial charge in [0.25, 0.3) is 0 Å². The number of thiophene rings is 1. The quantitative estimate of drug-likeness (QED) is 0.179. The third-order valence-electron chi connectivity index (χ3n) is 10.3. The van der Waals surface area contributed by atoms with Gasteiger partial charge in [0, 0.05) is 64.1 Å². The van der Waals surface area contributed by atoms with Gasteiger partial charge in [0.15, 0.2) is 5.82 Å². The van der Waals surface area contributed by atoms with Crippen LogP contribution in [0.15, 0.2) is 180 Å². The van der Waals surface area contributed by atoms with Gasteiger partial charge in [0.05, 0.1) is 22.6 Å². The third-order valence-corrected chi connectivity index (χ3v) is 11.5. The Kier molecular flexibility index (Phi) is 7.00. The first-order valence-electron chi connectivity index (χ1n) is 18.0. The van der Waals surface area contributed by atoms with Gasteiger partial charge in [0.1, 0.15) is 11.2 Å². The van der Waals surface area contributed by atoms with Gasteiger partial charge in [-0.05, 0) is 29.8 Å². The van der Waals surface area contributed by atoms with Gasteiger partial charge in [-0.1, -0.05) is 152 Å². The Balaban J connectivity index is 1.06. The Morgan fingerprint density at radius 1 is 0.426 bits per heavy atom. The van der Waals surface area contributed by atoms with Crippen molar-refractivity contribution in [3.63, 3.8) is 0 Å². The summed E-state index contributed by atoms with van der Waals surface area (Å²) in [5, 5.41) is 5.81. The number of para-hydroxylation sites is 2. The maximum absolute atomic E-state index is 6.36. The van der Waals surface area contributed by atoms with E-state index in [4.69, 9.17) is 19.4 Å². The molecule has 252 valence electrons. The Bertz CT molecular complexity index is 3200. The zero-order chi connectivity index (χ0) is 35.6. The van der Waals surface area contributed by atoms with Gasteiger partial charge >= 0.3 is 0 Å². The second kappa shape index (κ2) is 12.3. The van der Waals surface area contributed by atoms with Crippen molar-refractivity contribution in [1.82, 2.24) is 15.0 Å². The summed E-state index contributed by atoms with van der Waals surface area (Å²) < 4.78 is 8.86. The average molecular weight is 708 g/mol. The van der Waals surface area contributed by atoms with Crippen LogP contribution in [-0.4, -0.2) is 15.0 Å². The predicted octanol–water partition coefficient (Wildman–Crippen LogP) is 13.6. The van der Waals surface area contributed by atoms with Gasteiger partial charge in [-0.2, -0.15) is 0 Å². The highest BCUT2D eigenvalue weighted by Crippen LogP contribution is 2.43. The molecule has 4 aromatic heterocycles. The SMILES string of the molecule is c1ccc(-c2cc(-c3ccc(-c4cccc5c4oc4ccccc45)cc3)nc(-c3ccc4c(c3)nc(-c3ccccc3)c3c5ccccc5sc43)n2)cc1. The third kappa shape index (κ3) is 5.01. The Morgan fingerprint density at radius 3 is 1.85 bits per heavy atom. The molecule has 0 atom stereocenters. The maximum atomic E-state index is 6.36. The summed E-state index contributed by atoms with van der Waals surface area (Å²) in [5.74, 6) is 0.656. The van der Waals surface area contributed by atoms with Gasteiger partial charge in [0.2, 0.25) is 0 Å². The molecule has 0 N–H and O–H groups in total.